The van der Waals surface area contributed by atoms with Crippen molar-refractivity contribution in [2.45, 2.75) is 19.9 Å². The Morgan fingerprint density at radius 2 is 1.94 bits per heavy atom. The molecule has 4 heteroatoms. The molecule has 1 aromatic carbocycles. The maximum atomic E-state index is 11.3. The predicted molar refractivity (Wildman–Crippen MR) is 72.6 cm³/mol. The number of carbonyl (C=O) groups excluding carboxylic acids is 1. The first kappa shape index (κ1) is 14.5. The van der Waals surface area contributed by atoms with E-state index in [0.29, 0.717) is 13.0 Å². The Morgan fingerprint density at radius 3 is 2.50 bits per heavy atom. The van der Waals surface area contributed by atoms with Gasteiger partial charge in [0.15, 0.2) is 0 Å². The molecule has 1 aromatic rings. The summed E-state index contributed by atoms with van der Waals surface area (Å²) in [4.78, 5) is 12.9. The molecule has 0 aromatic heterocycles. The van der Waals surface area contributed by atoms with Crippen LogP contribution in [-0.2, 0) is 11.3 Å². The second-order valence-corrected chi connectivity index (χ2v) is 4.31. The van der Waals surface area contributed by atoms with Crippen molar-refractivity contribution in [3.63, 3.8) is 0 Å². The molecule has 0 fully saturated rings. The molecule has 0 spiro atoms. The third-order valence-electron chi connectivity index (χ3n) is 2.59. The minimum absolute atomic E-state index is 0.0822. The van der Waals surface area contributed by atoms with Crippen molar-refractivity contribution < 1.29 is 9.53 Å². The number of hydrogen-bond donors (Lipinski definition) is 1. The van der Waals surface area contributed by atoms with Gasteiger partial charge in [0.25, 0.3) is 0 Å². The van der Waals surface area contributed by atoms with Crippen LogP contribution in [0, 0.1) is 0 Å². The van der Waals surface area contributed by atoms with Crippen molar-refractivity contribution in [2.24, 2.45) is 0 Å². The van der Waals surface area contributed by atoms with Crippen molar-refractivity contribution in [3.05, 3.63) is 29.8 Å². The Kier molecular flexibility index (Phi) is 6.22. The summed E-state index contributed by atoms with van der Waals surface area (Å²) in [5, 5.41) is 3.26. The molecular weight excluding hydrogens is 228 g/mol. The predicted octanol–water partition coefficient (Wildman–Crippen LogP) is 1.65. The molecule has 0 saturated carbocycles. The van der Waals surface area contributed by atoms with Crippen LogP contribution in [0.15, 0.2) is 24.3 Å². The molecule has 1 amide bonds. The van der Waals surface area contributed by atoms with Gasteiger partial charge in [-0.25, -0.2) is 0 Å². The third kappa shape index (κ3) is 5.19. The van der Waals surface area contributed by atoms with E-state index in [1.807, 2.05) is 24.3 Å². The first-order valence-corrected chi connectivity index (χ1v) is 6.26. The van der Waals surface area contributed by atoms with E-state index in [4.69, 9.17) is 4.74 Å². The van der Waals surface area contributed by atoms with Gasteiger partial charge in [-0.1, -0.05) is 19.1 Å². The number of rotatable bonds is 7. The summed E-state index contributed by atoms with van der Waals surface area (Å²) in [5.74, 6) is 0.889. The summed E-state index contributed by atoms with van der Waals surface area (Å²) in [5.41, 5.74) is 1.23. The Bertz CT molecular complexity index is 361. The minimum atomic E-state index is 0.0822. The molecule has 1 N–H and O–H groups in total. The van der Waals surface area contributed by atoms with E-state index in [9.17, 15) is 4.79 Å². The minimum Gasteiger partial charge on any atom is -0.493 e. The molecule has 0 aliphatic carbocycles. The van der Waals surface area contributed by atoms with Crippen molar-refractivity contribution in [1.29, 1.82) is 0 Å². The lowest BCUT2D eigenvalue weighted by Gasteiger charge is -2.11. The van der Waals surface area contributed by atoms with E-state index in [2.05, 4.69) is 12.2 Å². The van der Waals surface area contributed by atoms with Crippen molar-refractivity contribution in [2.75, 3.05) is 27.2 Å². The molecule has 4 nitrogen and oxygen atoms in total. The standard InChI is InChI=1S/C14H22N2O2/c1-4-15-11-12-5-7-13(8-6-12)18-10-9-14(17)16(2)3/h5-8,15H,4,9-11H2,1-3H3. The van der Waals surface area contributed by atoms with Crippen LogP contribution in [0.4, 0.5) is 0 Å². The molecule has 0 aliphatic rings. The van der Waals surface area contributed by atoms with Gasteiger partial charge in [0.2, 0.25) is 5.91 Å². The molecule has 18 heavy (non-hydrogen) atoms. The fraction of sp³-hybridized carbons (Fsp3) is 0.500. The maximum Gasteiger partial charge on any atom is 0.225 e. The highest BCUT2D eigenvalue weighted by atomic mass is 16.5. The monoisotopic (exact) mass is 250 g/mol. The fourth-order valence-corrected chi connectivity index (χ4v) is 1.45. The number of nitrogens with zero attached hydrogens (tertiary/aromatic N) is 1. The lowest BCUT2D eigenvalue weighted by Crippen LogP contribution is -2.23. The zero-order valence-corrected chi connectivity index (χ0v) is 11.4. The number of benzene rings is 1. The van der Waals surface area contributed by atoms with Crippen LogP contribution < -0.4 is 10.1 Å². The van der Waals surface area contributed by atoms with Gasteiger partial charge in [-0.3, -0.25) is 4.79 Å². The van der Waals surface area contributed by atoms with Crippen molar-refractivity contribution >= 4 is 5.91 Å². The van der Waals surface area contributed by atoms with Gasteiger partial charge in [-0.05, 0) is 24.2 Å². The Labute approximate surface area is 109 Å². The van der Waals surface area contributed by atoms with E-state index in [1.165, 1.54) is 5.56 Å². The number of carbonyl (C=O) groups is 1. The summed E-state index contributed by atoms with van der Waals surface area (Å²) in [7, 11) is 3.50. The molecule has 1 rings (SSSR count). The zero-order valence-electron chi connectivity index (χ0n) is 11.4. The van der Waals surface area contributed by atoms with E-state index < -0.39 is 0 Å². The molecule has 0 unspecified atom stereocenters. The highest BCUT2D eigenvalue weighted by Gasteiger charge is 2.03. The molecule has 0 atom stereocenters. The van der Waals surface area contributed by atoms with Gasteiger partial charge in [0.05, 0.1) is 13.0 Å². The molecule has 0 bridgehead atoms. The highest BCUT2D eigenvalue weighted by Crippen LogP contribution is 2.12. The molecular formula is C14H22N2O2. The molecule has 0 radical (unpaired) electrons. The lowest BCUT2D eigenvalue weighted by atomic mass is 10.2. The summed E-state index contributed by atoms with van der Waals surface area (Å²) in [6, 6.07) is 7.94. The van der Waals surface area contributed by atoms with Gasteiger partial charge < -0.3 is 15.0 Å². The topological polar surface area (TPSA) is 41.6 Å². The summed E-state index contributed by atoms with van der Waals surface area (Å²) in [6.45, 7) is 4.34. The summed E-state index contributed by atoms with van der Waals surface area (Å²) >= 11 is 0. The molecule has 0 heterocycles. The van der Waals surface area contributed by atoms with Crippen LogP contribution >= 0.6 is 0 Å². The van der Waals surface area contributed by atoms with E-state index in [1.54, 1.807) is 19.0 Å². The average Bonchev–Trinajstić information content (AvgIpc) is 2.37. The van der Waals surface area contributed by atoms with Gasteiger partial charge in [0.1, 0.15) is 5.75 Å². The van der Waals surface area contributed by atoms with Crippen molar-refractivity contribution in [3.8, 4) is 5.75 Å². The van der Waals surface area contributed by atoms with Crippen LogP contribution in [0.3, 0.4) is 0 Å². The normalized spacial score (nSPS) is 10.2. The maximum absolute atomic E-state index is 11.3. The smallest absolute Gasteiger partial charge is 0.225 e. The third-order valence-corrected chi connectivity index (χ3v) is 2.59. The van der Waals surface area contributed by atoms with E-state index >= 15 is 0 Å². The van der Waals surface area contributed by atoms with Crippen LogP contribution in [-0.4, -0.2) is 38.1 Å². The van der Waals surface area contributed by atoms with E-state index in [0.717, 1.165) is 18.8 Å². The first-order valence-electron chi connectivity index (χ1n) is 6.26. The van der Waals surface area contributed by atoms with Gasteiger partial charge in [0, 0.05) is 20.6 Å². The van der Waals surface area contributed by atoms with Crippen LogP contribution in [0.2, 0.25) is 0 Å². The van der Waals surface area contributed by atoms with E-state index in [-0.39, 0.29) is 5.91 Å². The second-order valence-electron chi connectivity index (χ2n) is 4.31. The van der Waals surface area contributed by atoms with Crippen molar-refractivity contribution in [1.82, 2.24) is 10.2 Å². The van der Waals surface area contributed by atoms with Crippen LogP contribution in [0.5, 0.6) is 5.75 Å². The Balaban J connectivity index is 2.33. The summed E-state index contributed by atoms with van der Waals surface area (Å²) < 4.78 is 5.52. The van der Waals surface area contributed by atoms with Gasteiger partial charge >= 0.3 is 0 Å². The Morgan fingerprint density at radius 1 is 1.28 bits per heavy atom. The molecule has 100 valence electrons. The SMILES string of the molecule is CCNCc1ccc(OCCC(=O)N(C)C)cc1. The number of nitrogens with one attached hydrogen (secondary N) is 1. The fourth-order valence-electron chi connectivity index (χ4n) is 1.45. The Hall–Kier alpha value is -1.55. The quantitative estimate of drug-likeness (QED) is 0.800. The number of amides is 1. The number of hydrogen-bond acceptors (Lipinski definition) is 3. The van der Waals surface area contributed by atoms with Gasteiger partial charge in [-0.15, -0.1) is 0 Å². The highest BCUT2D eigenvalue weighted by molar-refractivity contribution is 5.75. The molecule has 0 saturated heterocycles. The van der Waals surface area contributed by atoms with Crippen LogP contribution in [0.25, 0.3) is 0 Å². The lowest BCUT2D eigenvalue weighted by molar-refractivity contribution is -0.129. The summed E-state index contributed by atoms with van der Waals surface area (Å²) in [6.07, 6.45) is 0.409. The second kappa shape index (κ2) is 7.71. The van der Waals surface area contributed by atoms with Crippen LogP contribution in [0.1, 0.15) is 18.9 Å². The largest absolute Gasteiger partial charge is 0.493 e. The first-order chi connectivity index (χ1) is 8.63. The average molecular weight is 250 g/mol. The molecule has 0 aliphatic heterocycles. The number of ether oxygens (including phenoxy) is 1. The zero-order chi connectivity index (χ0) is 13.4. The van der Waals surface area contributed by atoms with Gasteiger partial charge in [-0.2, -0.15) is 0 Å².